The van der Waals surface area contributed by atoms with Gasteiger partial charge in [-0.25, -0.2) is 0 Å². The molecule has 0 spiro atoms. The van der Waals surface area contributed by atoms with Crippen LogP contribution in [0.4, 0.5) is 0 Å². The van der Waals surface area contributed by atoms with E-state index in [1.165, 1.54) is 27.5 Å². The summed E-state index contributed by atoms with van der Waals surface area (Å²) in [6.07, 6.45) is 1.36. The molecule has 1 atom stereocenters. The molecule has 4 rings (SSSR count). The van der Waals surface area contributed by atoms with Gasteiger partial charge in [0.2, 0.25) is 5.91 Å². The molecule has 0 aliphatic carbocycles. The van der Waals surface area contributed by atoms with E-state index in [0.717, 1.165) is 12.0 Å². The minimum absolute atomic E-state index is 0.0761. The van der Waals surface area contributed by atoms with E-state index < -0.39 is 0 Å². The summed E-state index contributed by atoms with van der Waals surface area (Å²) in [7, 11) is 0. The molecule has 2 heteroatoms. The molecule has 0 aliphatic rings. The fourth-order valence-corrected chi connectivity index (χ4v) is 3.90. The number of rotatable bonds is 7. The second kappa shape index (κ2) is 9.41. The first-order valence-electron chi connectivity index (χ1n) is 10.6. The molecule has 4 aromatic carbocycles. The molecule has 4 aromatic rings. The SMILES string of the molecule is C[C@H](CNC(=O)Cc1ccc(-c2ccccc2)cc1)Cc1cccc2ccccc12. The Hall–Kier alpha value is -3.39. The van der Waals surface area contributed by atoms with Crippen LogP contribution in [-0.2, 0) is 17.6 Å². The lowest BCUT2D eigenvalue weighted by atomic mass is 9.96. The molecule has 30 heavy (non-hydrogen) atoms. The maximum atomic E-state index is 12.4. The standard InChI is InChI=1S/C28H27NO/c1-21(18-26-12-7-11-25-10-5-6-13-27(25)26)20-29-28(30)19-22-14-16-24(17-15-22)23-8-3-2-4-9-23/h2-17,21H,18-20H2,1H3,(H,29,30)/t21-/m0/s1. The number of benzene rings is 4. The van der Waals surface area contributed by atoms with Crippen molar-refractivity contribution in [3.05, 3.63) is 108 Å². The highest BCUT2D eigenvalue weighted by Gasteiger charge is 2.10. The zero-order valence-corrected chi connectivity index (χ0v) is 17.3. The minimum Gasteiger partial charge on any atom is -0.356 e. The highest BCUT2D eigenvalue weighted by molar-refractivity contribution is 5.85. The maximum absolute atomic E-state index is 12.4. The van der Waals surface area contributed by atoms with Gasteiger partial charge in [0.15, 0.2) is 0 Å². The van der Waals surface area contributed by atoms with Crippen molar-refractivity contribution in [2.24, 2.45) is 5.92 Å². The van der Waals surface area contributed by atoms with Gasteiger partial charge in [0.1, 0.15) is 0 Å². The molecule has 0 aliphatic heterocycles. The number of amides is 1. The van der Waals surface area contributed by atoms with Gasteiger partial charge >= 0.3 is 0 Å². The van der Waals surface area contributed by atoms with Crippen LogP contribution in [0.1, 0.15) is 18.1 Å². The summed E-state index contributed by atoms with van der Waals surface area (Å²) < 4.78 is 0. The predicted octanol–water partition coefficient (Wildman–Crippen LogP) is 6.04. The van der Waals surface area contributed by atoms with Crippen molar-refractivity contribution < 1.29 is 4.79 Å². The lowest BCUT2D eigenvalue weighted by Crippen LogP contribution is -2.30. The Morgan fingerprint density at radius 1 is 0.767 bits per heavy atom. The molecule has 0 radical (unpaired) electrons. The third-order valence-electron chi connectivity index (χ3n) is 5.52. The number of hydrogen-bond acceptors (Lipinski definition) is 1. The molecule has 2 nitrogen and oxygen atoms in total. The summed E-state index contributed by atoms with van der Waals surface area (Å²) in [5.41, 5.74) is 4.74. The third-order valence-corrected chi connectivity index (χ3v) is 5.52. The molecule has 0 saturated carbocycles. The van der Waals surface area contributed by atoms with Gasteiger partial charge in [0.25, 0.3) is 0 Å². The largest absolute Gasteiger partial charge is 0.356 e. The zero-order chi connectivity index (χ0) is 20.8. The average Bonchev–Trinajstić information content (AvgIpc) is 2.79. The second-order valence-corrected chi connectivity index (χ2v) is 7.99. The Bertz CT molecular complexity index is 1110. The minimum atomic E-state index is 0.0761. The van der Waals surface area contributed by atoms with E-state index in [0.29, 0.717) is 18.9 Å². The summed E-state index contributed by atoms with van der Waals surface area (Å²) in [6, 6.07) is 33.5. The summed E-state index contributed by atoms with van der Waals surface area (Å²) in [4.78, 5) is 12.4. The summed E-state index contributed by atoms with van der Waals surface area (Å²) >= 11 is 0. The van der Waals surface area contributed by atoms with Crippen LogP contribution in [0.2, 0.25) is 0 Å². The van der Waals surface area contributed by atoms with E-state index in [1.807, 2.05) is 30.3 Å². The van der Waals surface area contributed by atoms with Crippen molar-refractivity contribution in [2.75, 3.05) is 6.54 Å². The van der Waals surface area contributed by atoms with Crippen molar-refractivity contribution in [1.29, 1.82) is 0 Å². The fourth-order valence-electron chi connectivity index (χ4n) is 3.90. The number of hydrogen-bond donors (Lipinski definition) is 1. The van der Waals surface area contributed by atoms with Crippen molar-refractivity contribution in [3.63, 3.8) is 0 Å². The highest BCUT2D eigenvalue weighted by Crippen LogP contribution is 2.21. The molecule has 0 saturated heterocycles. The second-order valence-electron chi connectivity index (χ2n) is 7.99. The first-order chi connectivity index (χ1) is 14.7. The molecule has 0 aromatic heterocycles. The summed E-state index contributed by atoms with van der Waals surface area (Å²) in [6.45, 7) is 2.88. The first kappa shape index (κ1) is 19.9. The quantitative estimate of drug-likeness (QED) is 0.407. The number of carbonyl (C=O) groups is 1. The predicted molar refractivity (Wildman–Crippen MR) is 125 cm³/mol. The van der Waals surface area contributed by atoms with E-state index in [1.54, 1.807) is 0 Å². The van der Waals surface area contributed by atoms with Crippen LogP contribution >= 0.6 is 0 Å². The lowest BCUT2D eigenvalue weighted by molar-refractivity contribution is -0.120. The van der Waals surface area contributed by atoms with Gasteiger partial charge in [-0.05, 0) is 45.4 Å². The van der Waals surface area contributed by atoms with Gasteiger partial charge in [-0.1, -0.05) is 104 Å². The van der Waals surface area contributed by atoms with E-state index >= 15 is 0 Å². The molecule has 0 unspecified atom stereocenters. The van der Waals surface area contributed by atoms with Crippen molar-refractivity contribution >= 4 is 16.7 Å². The van der Waals surface area contributed by atoms with E-state index in [9.17, 15) is 4.79 Å². The van der Waals surface area contributed by atoms with Gasteiger partial charge in [0.05, 0.1) is 6.42 Å². The monoisotopic (exact) mass is 393 g/mol. The Labute approximate surface area is 178 Å². The molecule has 1 N–H and O–H groups in total. The van der Waals surface area contributed by atoms with Crippen LogP contribution in [0.3, 0.4) is 0 Å². The normalized spacial score (nSPS) is 11.9. The van der Waals surface area contributed by atoms with Crippen molar-refractivity contribution in [2.45, 2.75) is 19.8 Å². The van der Waals surface area contributed by atoms with Crippen LogP contribution < -0.4 is 5.32 Å². The summed E-state index contributed by atoms with van der Waals surface area (Å²) in [5.74, 6) is 0.451. The van der Waals surface area contributed by atoms with Crippen molar-refractivity contribution in [3.8, 4) is 11.1 Å². The highest BCUT2D eigenvalue weighted by atomic mass is 16.1. The molecule has 0 bridgehead atoms. The smallest absolute Gasteiger partial charge is 0.224 e. The van der Waals surface area contributed by atoms with Gasteiger partial charge in [-0.2, -0.15) is 0 Å². The van der Waals surface area contributed by atoms with E-state index in [4.69, 9.17) is 0 Å². The molecular weight excluding hydrogens is 366 g/mol. The van der Waals surface area contributed by atoms with Gasteiger partial charge in [-0.3, -0.25) is 4.79 Å². The average molecular weight is 394 g/mol. The molecule has 0 fully saturated rings. The van der Waals surface area contributed by atoms with Gasteiger partial charge in [-0.15, -0.1) is 0 Å². The Kier molecular flexibility index (Phi) is 6.24. The first-order valence-corrected chi connectivity index (χ1v) is 10.6. The molecular formula is C28H27NO. The number of fused-ring (bicyclic) bond motifs is 1. The van der Waals surface area contributed by atoms with Crippen LogP contribution in [0.15, 0.2) is 97.1 Å². The Morgan fingerprint density at radius 3 is 2.23 bits per heavy atom. The zero-order valence-electron chi connectivity index (χ0n) is 17.3. The number of nitrogens with one attached hydrogen (secondary N) is 1. The maximum Gasteiger partial charge on any atom is 0.224 e. The van der Waals surface area contributed by atoms with Crippen LogP contribution in [0.5, 0.6) is 0 Å². The third kappa shape index (κ3) is 4.96. The van der Waals surface area contributed by atoms with Crippen molar-refractivity contribution in [1.82, 2.24) is 5.32 Å². The molecule has 150 valence electrons. The van der Waals surface area contributed by atoms with Crippen LogP contribution in [0.25, 0.3) is 21.9 Å². The van der Waals surface area contributed by atoms with Crippen LogP contribution in [-0.4, -0.2) is 12.5 Å². The fraction of sp³-hybridized carbons (Fsp3) is 0.179. The van der Waals surface area contributed by atoms with Gasteiger partial charge < -0.3 is 5.32 Å². The summed E-state index contributed by atoms with van der Waals surface area (Å²) in [5, 5.41) is 5.68. The van der Waals surface area contributed by atoms with E-state index in [2.05, 4.69) is 79.0 Å². The number of carbonyl (C=O) groups excluding carboxylic acids is 1. The Morgan fingerprint density at radius 2 is 1.43 bits per heavy atom. The molecule has 0 heterocycles. The van der Waals surface area contributed by atoms with Crippen LogP contribution in [0, 0.1) is 5.92 Å². The van der Waals surface area contributed by atoms with Gasteiger partial charge in [0, 0.05) is 6.54 Å². The Balaban J connectivity index is 1.30. The molecule has 1 amide bonds. The topological polar surface area (TPSA) is 29.1 Å². The van der Waals surface area contributed by atoms with E-state index in [-0.39, 0.29) is 5.91 Å². The lowest BCUT2D eigenvalue weighted by Gasteiger charge is -2.14.